The smallest absolute Gasteiger partial charge is 0.327 e. The largest absolute Gasteiger partial charge is 0.508 e. The van der Waals surface area contributed by atoms with Crippen molar-refractivity contribution in [3.8, 4) is 5.75 Å². The third-order valence-corrected chi connectivity index (χ3v) is 12.6. The van der Waals surface area contributed by atoms with Crippen LogP contribution in [0.15, 0.2) is 95.7 Å². The Morgan fingerprint density at radius 1 is 0.813 bits per heavy atom. The summed E-state index contributed by atoms with van der Waals surface area (Å²) >= 11 is 0. The molecule has 1 heterocycles. The molecule has 0 radical (unpaired) electrons. The molecule has 2 aromatic carbocycles. The molecule has 0 bridgehead atoms. The molecular formula is C52H72N10O13. The van der Waals surface area contributed by atoms with Crippen LogP contribution in [0.4, 0.5) is 0 Å². The van der Waals surface area contributed by atoms with Crippen LogP contribution in [-0.2, 0) is 60.7 Å². The molecule has 75 heavy (non-hydrogen) atoms. The first kappa shape index (κ1) is 61.2. The van der Waals surface area contributed by atoms with Crippen LogP contribution >= 0.6 is 0 Å². The van der Waals surface area contributed by atoms with E-state index in [2.05, 4.69) is 43.5 Å². The third kappa shape index (κ3) is 19.7. The number of nitrogens with one attached hydrogen (secondary N) is 6. The zero-order valence-corrected chi connectivity index (χ0v) is 43.3. The number of benzene rings is 2. The molecule has 0 aromatic heterocycles. The number of carbonyl (C=O) groups is 9. The first-order chi connectivity index (χ1) is 35.3. The number of likely N-dealkylation sites (N-methyl/N-ethyl adjacent to an activating group) is 1. The average molecular weight is 1050 g/mol. The Balaban J connectivity index is 2.14. The Labute approximate surface area is 436 Å². The van der Waals surface area contributed by atoms with Crippen LogP contribution < -0.4 is 43.4 Å². The number of amides is 7. The number of aliphatic carboxylic acids is 2. The average Bonchev–Trinajstić information content (AvgIpc) is 3.36. The van der Waals surface area contributed by atoms with Gasteiger partial charge >= 0.3 is 11.9 Å². The second-order valence-electron chi connectivity index (χ2n) is 18.5. The summed E-state index contributed by atoms with van der Waals surface area (Å²) < 4.78 is 5.82. The maximum Gasteiger partial charge on any atom is 0.327 e. The van der Waals surface area contributed by atoms with Crippen LogP contribution in [0.2, 0.25) is 0 Å². The molecule has 1 fully saturated rings. The van der Waals surface area contributed by atoms with Crippen LogP contribution in [0, 0.1) is 17.8 Å². The number of aliphatic imine (C=N–C) groups is 1. The standard InChI is InChI=1S/C52H72N10O13/c1-28(25-29(2)41(75-8)27-34-13-10-9-11-14-34)16-21-37-30(3)44(65)59-39(50(71)72)22-23-42(64)62(7)33(6)47(68)56-32(5)46(67)60-40(26-35-17-19-36(63)20-18-35)49(70)61-43(51(73)74)31(4)45(66)58-38(48(69)57-37)15-12-24-55-52(53)54/h9-11,13-14,16-21,25,29-32,37-41,43,63H,6,12,15,22-24,26-27H2,1-5,7-8H3,(H,56,68)(H,57,69)(H,58,66)(H,59,65)(H,60,67)(H,61,70)(H,71,72)(H,73,74)(H4,53,54,55)/b21-16+,28-25-/t29-,30-,31-,32+,37-,38-,39+,40-,41-,43+/m0/s1. The summed E-state index contributed by atoms with van der Waals surface area (Å²) in [5, 5.41) is 45.4. The van der Waals surface area contributed by atoms with E-state index >= 15 is 0 Å². The fourth-order valence-electron chi connectivity index (χ4n) is 7.83. The highest BCUT2D eigenvalue weighted by Gasteiger charge is 2.37. The number of hydrogen-bond acceptors (Lipinski definition) is 12. The maximum absolute atomic E-state index is 14.4. The van der Waals surface area contributed by atoms with Crippen molar-refractivity contribution >= 4 is 59.2 Å². The minimum Gasteiger partial charge on any atom is -0.508 e. The molecule has 0 saturated carbocycles. The highest BCUT2D eigenvalue weighted by molar-refractivity contribution is 6.00. The van der Waals surface area contributed by atoms with Gasteiger partial charge in [0.1, 0.15) is 41.7 Å². The van der Waals surface area contributed by atoms with E-state index in [0.717, 1.165) is 10.5 Å². The van der Waals surface area contributed by atoms with Crippen molar-refractivity contribution in [3.05, 3.63) is 102 Å². The van der Waals surface area contributed by atoms with Gasteiger partial charge in [-0.2, -0.15) is 0 Å². The normalized spacial score (nSPS) is 24.5. The second-order valence-corrected chi connectivity index (χ2v) is 18.5. The Morgan fingerprint density at radius 3 is 2.03 bits per heavy atom. The van der Waals surface area contributed by atoms with E-state index in [1.807, 2.05) is 43.3 Å². The summed E-state index contributed by atoms with van der Waals surface area (Å²) in [5.74, 6) is -13.0. The molecule has 1 saturated heterocycles. The van der Waals surface area contributed by atoms with Gasteiger partial charge in [-0.15, -0.1) is 0 Å². The number of allylic oxidation sites excluding steroid dienone is 2. The molecule has 10 atom stereocenters. The molecule has 408 valence electrons. The lowest BCUT2D eigenvalue weighted by molar-refractivity contribution is -0.146. The van der Waals surface area contributed by atoms with Gasteiger partial charge in [-0.05, 0) is 62.8 Å². The quantitative estimate of drug-likeness (QED) is 0.0381. The van der Waals surface area contributed by atoms with Gasteiger partial charge in [0.2, 0.25) is 35.4 Å². The Hall–Kier alpha value is -8.08. The lowest BCUT2D eigenvalue weighted by Crippen LogP contribution is -2.59. The Kier molecular flexibility index (Phi) is 24.1. The summed E-state index contributed by atoms with van der Waals surface area (Å²) in [6.07, 6.45) is 4.20. The lowest BCUT2D eigenvalue weighted by atomic mass is 9.94. The first-order valence-electron chi connectivity index (χ1n) is 24.3. The highest BCUT2D eigenvalue weighted by atomic mass is 16.5. The van der Waals surface area contributed by atoms with E-state index in [0.29, 0.717) is 17.6 Å². The SMILES string of the molecule is C=C1C(=O)N[C@H](C)C(=O)N[C@@H](Cc2ccc(O)cc2)C(=O)N[C@@H](C(=O)O)[C@H](C)C(=O)N[C@@H](CCCN=C(N)N)C(=O)N[C@@H](/C=C/C(C)=C\[C@H](C)[C@H](Cc2ccccc2)OC)[C@H](C)C(=O)N[C@@H](C(=O)O)CCC(=O)N1C. The molecule has 1 aliphatic rings. The van der Waals surface area contributed by atoms with Gasteiger partial charge in [-0.1, -0.05) is 93.6 Å². The number of phenols is 1. The number of carboxylic acid groups (broad SMARTS) is 2. The number of nitrogens with two attached hydrogens (primary N) is 2. The minimum absolute atomic E-state index is 0.00181. The molecule has 2 aromatic rings. The summed E-state index contributed by atoms with van der Waals surface area (Å²) in [6, 6.07) is 6.06. The Morgan fingerprint density at radius 2 is 1.43 bits per heavy atom. The number of phenolic OH excluding ortho intramolecular Hbond substituents is 1. The van der Waals surface area contributed by atoms with Crippen molar-refractivity contribution < 1.29 is 63.2 Å². The van der Waals surface area contributed by atoms with E-state index in [-0.39, 0.29) is 49.5 Å². The van der Waals surface area contributed by atoms with E-state index in [1.54, 1.807) is 20.1 Å². The molecule has 3 rings (SSSR count). The summed E-state index contributed by atoms with van der Waals surface area (Å²) in [5.41, 5.74) is 12.7. The molecular weight excluding hydrogens is 973 g/mol. The first-order valence-corrected chi connectivity index (χ1v) is 24.3. The molecule has 23 nitrogen and oxygen atoms in total. The van der Waals surface area contributed by atoms with Crippen LogP contribution in [-0.4, -0.2) is 143 Å². The van der Waals surface area contributed by atoms with Crippen LogP contribution in [0.3, 0.4) is 0 Å². The number of rotatable bonds is 15. The number of hydrogen-bond donors (Lipinski definition) is 11. The van der Waals surface area contributed by atoms with Gasteiger partial charge in [0.15, 0.2) is 5.96 Å². The van der Waals surface area contributed by atoms with E-state index < -0.39 is 120 Å². The Bertz CT molecular complexity index is 2460. The van der Waals surface area contributed by atoms with Gasteiger partial charge in [-0.25, -0.2) is 9.59 Å². The lowest BCUT2D eigenvalue weighted by Gasteiger charge is -2.28. The van der Waals surface area contributed by atoms with Crippen LogP contribution in [0.1, 0.15) is 71.4 Å². The monoisotopic (exact) mass is 1040 g/mol. The number of nitrogens with zero attached hydrogens (tertiary/aromatic N) is 2. The second kappa shape index (κ2) is 29.6. The number of carboxylic acids is 2. The van der Waals surface area contributed by atoms with E-state index in [4.69, 9.17) is 16.2 Å². The number of guanidine groups is 1. The maximum atomic E-state index is 14.4. The number of ether oxygens (including phenoxy) is 1. The third-order valence-electron chi connectivity index (χ3n) is 12.6. The predicted molar refractivity (Wildman–Crippen MR) is 277 cm³/mol. The van der Waals surface area contributed by atoms with Crippen LogP contribution in [0.25, 0.3) is 0 Å². The van der Waals surface area contributed by atoms with Crippen molar-refractivity contribution in [3.63, 3.8) is 0 Å². The van der Waals surface area contributed by atoms with Gasteiger partial charge in [0.05, 0.1) is 24.0 Å². The molecule has 0 unspecified atom stereocenters. The zero-order valence-electron chi connectivity index (χ0n) is 43.3. The topological polar surface area (TPSA) is 363 Å². The van der Waals surface area contributed by atoms with Crippen molar-refractivity contribution in [1.82, 2.24) is 36.8 Å². The molecule has 7 amide bonds. The molecule has 0 aliphatic carbocycles. The van der Waals surface area contributed by atoms with E-state index in [9.17, 15) is 58.5 Å². The van der Waals surface area contributed by atoms with Crippen molar-refractivity contribution in [2.24, 2.45) is 34.2 Å². The van der Waals surface area contributed by atoms with Gasteiger partial charge in [0, 0.05) is 39.5 Å². The fraction of sp³-hybridized carbons (Fsp3) is 0.462. The highest BCUT2D eigenvalue weighted by Crippen LogP contribution is 2.19. The fourth-order valence-corrected chi connectivity index (χ4v) is 7.83. The summed E-state index contributed by atoms with van der Waals surface area (Å²) in [7, 11) is 2.80. The molecule has 23 heteroatoms. The molecule has 1 aliphatic heterocycles. The van der Waals surface area contributed by atoms with Gasteiger partial charge < -0.3 is 68.3 Å². The van der Waals surface area contributed by atoms with Crippen molar-refractivity contribution in [2.45, 2.75) is 115 Å². The van der Waals surface area contributed by atoms with Gasteiger partial charge in [0.25, 0.3) is 5.91 Å². The minimum atomic E-state index is -1.96. The number of aromatic hydroxyl groups is 1. The van der Waals surface area contributed by atoms with Gasteiger partial charge in [-0.3, -0.25) is 38.6 Å². The van der Waals surface area contributed by atoms with Crippen LogP contribution in [0.5, 0.6) is 5.75 Å². The molecule has 13 N–H and O–H groups in total. The number of methoxy groups -OCH3 is 1. The zero-order chi connectivity index (χ0) is 56.1. The summed E-state index contributed by atoms with van der Waals surface area (Å²) in [6.45, 7) is 11.3. The van der Waals surface area contributed by atoms with Crippen molar-refractivity contribution in [1.29, 1.82) is 0 Å². The predicted octanol–water partition coefficient (Wildman–Crippen LogP) is 0.521. The van der Waals surface area contributed by atoms with Crippen molar-refractivity contribution in [2.75, 3.05) is 20.7 Å². The molecule has 0 spiro atoms. The number of carbonyl (C=O) groups excluding carboxylic acids is 7. The summed E-state index contributed by atoms with van der Waals surface area (Å²) in [4.78, 5) is 127. The van der Waals surface area contributed by atoms with E-state index in [1.165, 1.54) is 58.2 Å².